The number of nitrogens with zero attached hydrogens (tertiary/aromatic N) is 4. The number of benzene rings is 2. The fourth-order valence-corrected chi connectivity index (χ4v) is 5.31. The quantitative estimate of drug-likeness (QED) is 0.346. The van der Waals surface area contributed by atoms with Crippen LogP contribution in [0.25, 0.3) is 5.78 Å². The fourth-order valence-electron chi connectivity index (χ4n) is 4.41. The first-order valence-corrected chi connectivity index (χ1v) is 12.3. The average molecular weight is 491 g/mol. The van der Waals surface area contributed by atoms with Crippen LogP contribution in [0.15, 0.2) is 47.8 Å². The number of ether oxygens (including phenoxy) is 3. The molecule has 35 heavy (non-hydrogen) atoms. The van der Waals surface area contributed by atoms with E-state index in [1.807, 2.05) is 24.3 Å². The Bertz CT molecular complexity index is 1390. The molecule has 2 aromatic heterocycles. The SMILES string of the molecule is COc1cc([C@@H]2CC(=O)c3cn4nc(SCc5ccccc5C)nc4nc3C2)cc(OC)c1OC. The number of carbonyl (C=O) groups excluding carboxylic acids is 1. The lowest BCUT2D eigenvalue weighted by Gasteiger charge is -2.24. The maximum atomic E-state index is 13.1. The number of methoxy groups -OCH3 is 3. The van der Waals surface area contributed by atoms with Gasteiger partial charge in [-0.05, 0) is 48.1 Å². The number of hydrogen-bond donors (Lipinski definition) is 0. The maximum absolute atomic E-state index is 13.1. The van der Waals surface area contributed by atoms with Crippen LogP contribution in [0.2, 0.25) is 0 Å². The molecule has 1 atom stereocenters. The summed E-state index contributed by atoms with van der Waals surface area (Å²) in [5.74, 6) is 2.90. The van der Waals surface area contributed by atoms with Gasteiger partial charge in [-0.15, -0.1) is 5.10 Å². The number of rotatable bonds is 7. The molecule has 0 fully saturated rings. The first kappa shape index (κ1) is 23.2. The minimum Gasteiger partial charge on any atom is -0.493 e. The van der Waals surface area contributed by atoms with Gasteiger partial charge in [0.25, 0.3) is 5.78 Å². The number of ketones is 1. The molecule has 2 heterocycles. The number of aryl methyl sites for hydroxylation is 1. The monoisotopic (exact) mass is 490 g/mol. The number of thioether (sulfide) groups is 1. The van der Waals surface area contributed by atoms with E-state index in [0.29, 0.717) is 46.6 Å². The van der Waals surface area contributed by atoms with Gasteiger partial charge >= 0.3 is 0 Å². The van der Waals surface area contributed by atoms with Crippen LogP contribution in [0.4, 0.5) is 0 Å². The number of Topliss-reactive ketones (excluding diaryl/α,β-unsaturated/α-hetero) is 1. The highest BCUT2D eigenvalue weighted by atomic mass is 32.2. The highest BCUT2D eigenvalue weighted by Gasteiger charge is 2.30. The predicted octanol–water partition coefficient (Wildman–Crippen LogP) is 4.66. The summed E-state index contributed by atoms with van der Waals surface area (Å²) < 4.78 is 18.0. The van der Waals surface area contributed by atoms with E-state index < -0.39 is 0 Å². The van der Waals surface area contributed by atoms with Crippen molar-refractivity contribution in [1.82, 2.24) is 19.6 Å². The number of hydrogen-bond acceptors (Lipinski definition) is 8. The van der Waals surface area contributed by atoms with Crippen molar-refractivity contribution in [3.63, 3.8) is 0 Å². The van der Waals surface area contributed by atoms with E-state index in [1.165, 1.54) is 11.1 Å². The van der Waals surface area contributed by atoms with Gasteiger partial charge in [-0.25, -0.2) is 9.50 Å². The molecule has 0 aliphatic heterocycles. The van der Waals surface area contributed by atoms with Gasteiger partial charge < -0.3 is 14.2 Å². The minimum absolute atomic E-state index is 0.0315. The smallest absolute Gasteiger partial charge is 0.253 e. The summed E-state index contributed by atoms with van der Waals surface area (Å²) in [4.78, 5) is 22.4. The van der Waals surface area contributed by atoms with E-state index in [0.717, 1.165) is 17.0 Å². The fraction of sp³-hybridized carbons (Fsp3) is 0.308. The van der Waals surface area contributed by atoms with Gasteiger partial charge in [0.2, 0.25) is 10.9 Å². The summed E-state index contributed by atoms with van der Waals surface area (Å²) in [6, 6.07) is 12.1. The molecule has 0 N–H and O–H groups in total. The summed E-state index contributed by atoms with van der Waals surface area (Å²) >= 11 is 1.56. The van der Waals surface area contributed by atoms with Crippen LogP contribution >= 0.6 is 11.8 Å². The molecule has 0 saturated carbocycles. The highest BCUT2D eigenvalue weighted by Crippen LogP contribution is 2.42. The summed E-state index contributed by atoms with van der Waals surface area (Å²) in [7, 11) is 4.74. The van der Waals surface area contributed by atoms with E-state index in [4.69, 9.17) is 19.2 Å². The Hall–Kier alpha value is -3.59. The zero-order valence-electron chi connectivity index (χ0n) is 20.1. The Morgan fingerprint density at radius 1 is 1.03 bits per heavy atom. The molecular formula is C26H26N4O4S. The third kappa shape index (κ3) is 4.43. The van der Waals surface area contributed by atoms with Crippen molar-refractivity contribution in [3.05, 3.63) is 70.5 Å². The van der Waals surface area contributed by atoms with Gasteiger partial charge in [-0.3, -0.25) is 4.79 Å². The third-order valence-electron chi connectivity index (χ3n) is 6.34. The van der Waals surface area contributed by atoms with E-state index in [9.17, 15) is 4.79 Å². The van der Waals surface area contributed by atoms with E-state index in [1.54, 1.807) is 43.8 Å². The molecule has 0 amide bonds. The zero-order chi connectivity index (χ0) is 24.5. The predicted molar refractivity (Wildman–Crippen MR) is 133 cm³/mol. The maximum Gasteiger partial charge on any atom is 0.253 e. The molecule has 1 aliphatic carbocycles. The molecule has 4 aromatic rings. The molecule has 0 bridgehead atoms. The van der Waals surface area contributed by atoms with E-state index in [-0.39, 0.29) is 11.7 Å². The van der Waals surface area contributed by atoms with Crippen LogP contribution in [0.3, 0.4) is 0 Å². The largest absolute Gasteiger partial charge is 0.493 e. The van der Waals surface area contributed by atoms with Gasteiger partial charge in [-0.1, -0.05) is 36.0 Å². The molecule has 1 aliphatic rings. The zero-order valence-corrected chi connectivity index (χ0v) is 20.9. The molecule has 5 rings (SSSR count). The van der Waals surface area contributed by atoms with Crippen LogP contribution in [-0.4, -0.2) is 46.7 Å². The highest BCUT2D eigenvalue weighted by molar-refractivity contribution is 7.98. The van der Waals surface area contributed by atoms with Crippen molar-refractivity contribution in [1.29, 1.82) is 0 Å². The summed E-state index contributed by atoms with van der Waals surface area (Å²) in [6.07, 6.45) is 2.73. The molecule has 0 saturated heterocycles. The topological polar surface area (TPSA) is 87.8 Å². The van der Waals surface area contributed by atoms with Crippen molar-refractivity contribution in [2.45, 2.75) is 36.6 Å². The lowest BCUT2D eigenvalue weighted by Crippen LogP contribution is -2.21. The Balaban J connectivity index is 1.43. The van der Waals surface area contributed by atoms with Crippen molar-refractivity contribution >= 4 is 23.3 Å². The van der Waals surface area contributed by atoms with Crippen LogP contribution < -0.4 is 14.2 Å². The molecular weight excluding hydrogens is 464 g/mol. The van der Waals surface area contributed by atoms with Crippen molar-refractivity contribution in [2.24, 2.45) is 0 Å². The second kappa shape index (κ2) is 9.58. The van der Waals surface area contributed by atoms with E-state index in [2.05, 4.69) is 29.1 Å². The minimum atomic E-state index is -0.0588. The Labute approximate surface area is 207 Å². The molecule has 180 valence electrons. The number of aromatic nitrogens is 4. The summed E-state index contributed by atoms with van der Waals surface area (Å²) in [5, 5.41) is 5.18. The van der Waals surface area contributed by atoms with Gasteiger partial charge in [-0.2, -0.15) is 4.98 Å². The Kier molecular flexibility index (Phi) is 6.34. The van der Waals surface area contributed by atoms with Crippen LogP contribution in [0.1, 0.15) is 45.1 Å². The molecule has 0 spiro atoms. The van der Waals surface area contributed by atoms with Crippen LogP contribution in [0.5, 0.6) is 17.2 Å². The van der Waals surface area contributed by atoms with Crippen LogP contribution in [-0.2, 0) is 12.2 Å². The average Bonchev–Trinajstić information content (AvgIpc) is 3.27. The lowest BCUT2D eigenvalue weighted by atomic mass is 9.82. The van der Waals surface area contributed by atoms with Crippen LogP contribution in [0, 0.1) is 6.92 Å². The standard InChI is InChI=1S/C26H26N4O4S/c1-15-7-5-6-8-16(15)14-35-26-28-25-27-20-9-17(10-21(31)19(20)13-30(25)29-26)18-11-22(32-2)24(34-4)23(12-18)33-3/h5-8,11-13,17H,9-10,14H2,1-4H3/t17-/m0/s1. The normalized spacial score (nSPS) is 15.2. The Morgan fingerprint density at radius 2 is 1.77 bits per heavy atom. The number of fused-ring (bicyclic) bond motifs is 2. The number of carbonyl (C=O) groups is 1. The second-order valence-corrected chi connectivity index (χ2v) is 9.38. The van der Waals surface area contributed by atoms with Gasteiger partial charge in [0.05, 0.1) is 32.6 Å². The van der Waals surface area contributed by atoms with Crippen molar-refractivity contribution in [2.75, 3.05) is 21.3 Å². The third-order valence-corrected chi connectivity index (χ3v) is 7.23. The van der Waals surface area contributed by atoms with E-state index >= 15 is 0 Å². The summed E-state index contributed by atoms with van der Waals surface area (Å²) in [6.45, 7) is 2.10. The summed E-state index contributed by atoms with van der Waals surface area (Å²) in [5.41, 5.74) is 4.75. The molecule has 0 radical (unpaired) electrons. The first-order chi connectivity index (χ1) is 17.0. The molecule has 0 unspecified atom stereocenters. The molecule has 9 heteroatoms. The Morgan fingerprint density at radius 3 is 2.46 bits per heavy atom. The van der Waals surface area contributed by atoms with Crippen molar-refractivity contribution < 1.29 is 19.0 Å². The molecule has 2 aromatic carbocycles. The van der Waals surface area contributed by atoms with Crippen molar-refractivity contribution in [3.8, 4) is 17.2 Å². The lowest BCUT2D eigenvalue weighted by molar-refractivity contribution is 0.0962. The first-order valence-electron chi connectivity index (χ1n) is 11.3. The van der Waals surface area contributed by atoms with Gasteiger partial charge in [0.1, 0.15) is 0 Å². The second-order valence-electron chi connectivity index (χ2n) is 8.44. The van der Waals surface area contributed by atoms with Gasteiger partial charge in [0, 0.05) is 18.4 Å². The molecule has 8 nitrogen and oxygen atoms in total. The van der Waals surface area contributed by atoms with Gasteiger partial charge in [0.15, 0.2) is 17.3 Å².